The van der Waals surface area contributed by atoms with Gasteiger partial charge < -0.3 is 10.1 Å². The fraction of sp³-hybridized carbons (Fsp3) is 0.188. The SMILES string of the molecule is CN(CC(=O)Nc1cccc(Oc2ccccc2)c1)S(C)(=O)=O. The van der Waals surface area contributed by atoms with Crippen LogP contribution in [0.25, 0.3) is 0 Å². The molecule has 2 aromatic carbocycles. The van der Waals surface area contributed by atoms with Gasteiger partial charge in [-0.2, -0.15) is 4.31 Å². The summed E-state index contributed by atoms with van der Waals surface area (Å²) < 4.78 is 29.3. The smallest absolute Gasteiger partial charge is 0.239 e. The summed E-state index contributed by atoms with van der Waals surface area (Å²) in [6.45, 7) is -0.247. The van der Waals surface area contributed by atoms with Gasteiger partial charge in [-0.3, -0.25) is 4.79 Å². The second kappa shape index (κ2) is 7.26. The molecule has 0 aliphatic rings. The summed E-state index contributed by atoms with van der Waals surface area (Å²) in [5, 5.41) is 2.65. The second-order valence-corrected chi connectivity index (χ2v) is 7.10. The van der Waals surface area contributed by atoms with Crippen LogP contribution in [0.1, 0.15) is 0 Å². The van der Waals surface area contributed by atoms with Gasteiger partial charge in [0, 0.05) is 18.8 Å². The highest BCUT2D eigenvalue weighted by Crippen LogP contribution is 2.23. The molecule has 2 rings (SSSR count). The van der Waals surface area contributed by atoms with Crippen molar-refractivity contribution >= 4 is 21.6 Å². The number of likely N-dealkylation sites (N-methyl/N-ethyl adjacent to an activating group) is 1. The van der Waals surface area contributed by atoms with Crippen LogP contribution in [0, 0.1) is 0 Å². The van der Waals surface area contributed by atoms with E-state index in [1.54, 1.807) is 24.3 Å². The first-order valence-corrected chi connectivity index (χ1v) is 8.73. The third-order valence-electron chi connectivity index (χ3n) is 3.03. The Balaban J connectivity index is 2.01. The van der Waals surface area contributed by atoms with Crippen LogP contribution in [-0.2, 0) is 14.8 Å². The normalized spacial score (nSPS) is 11.3. The number of anilines is 1. The monoisotopic (exact) mass is 334 g/mol. The molecular formula is C16H18N2O4S. The molecule has 7 heteroatoms. The van der Waals surface area contributed by atoms with Crippen molar-refractivity contribution in [2.75, 3.05) is 25.2 Å². The summed E-state index contributed by atoms with van der Waals surface area (Å²) in [6.07, 6.45) is 1.05. The molecule has 0 saturated heterocycles. The number of carbonyl (C=O) groups excluding carboxylic acids is 1. The first-order valence-electron chi connectivity index (χ1n) is 6.89. The van der Waals surface area contributed by atoms with Crippen LogP contribution in [0.3, 0.4) is 0 Å². The standard InChI is InChI=1S/C16H18N2O4S/c1-18(23(2,20)21)12-16(19)17-13-7-6-10-15(11-13)22-14-8-4-3-5-9-14/h3-11H,12H2,1-2H3,(H,17,19). The summed E-state index contributed by atoms with van der Waals surface area (Å²) in [7, 11) is -2.04. The fourth-order valence-corrected chi connectivity index (χ4v) is 2.13. The Bertz CT molecular complexity index is 776. The summed E-state index contributed by atoms with van der Waals surface area (Å²) in [5.74, 6) is 0.841. The molecular weight excluding hydrogens is 316 g/mol. The maximum Gasteiger partial charge on any atom is 0.239 e. The first-order chi connectivity index (χ1) is 10.8. The van der Waals surface area contributed by atoms with Crippen molar-refractivity contribution in [2.24, 2.45) is 0 Å². The van der Waals surface area contributed by atoms with Gasteiger partial charge >= 0.3 is 0 Å². The Morgan fingerprint density at radius 1 is 1.09 bits per heavy atom. The van der Waals surface area contributed by atoms with Crippen molar-refractivity contribution < 1.29 is 17.9 Å². The molecule has 0 bridgehead atoms. The quantitative estimate of drug-likeness (QED) is 0.879. The number of hydrogen-bond acceptors (Lipinski definition) is 4. The van der Waals surface area contributed by atoms with Crippen LogP contribution in [0.4, 0.5) is 5.69 Å². The topological polar surface area (TPSA) is 75.7 Å². The van der Waals surface area contributed by atoms with E-state index in [1.165, 1.54) is 7.05 Å². The predicted molar refractivity (Wildman–Crippen MR) is 89.1 cm³/mol. The number of nitrogens with zero attached hydrogens (tertiary/aromatic N) is 1. The number of hydrogen-bond donors (Lipinski definition) is 1. The molecule has 0 atom stereocenters. The van der Waals surface area contributed by atoms with Crippen LogP contribution in [-0.4, -0.2) is 38.5 Å². The maximum atomic E-state index is 11.9. The third kappa shape index (κ3) is 5.39. The average Bonchev–Trinajstić information content (AvgIpc) is 2.47. The average molecular weight is 334 g/mol. The number of sulfonamides is 1. The van der Waals surface area contributed by atoms with Gasteiger partial charge in [-0.15, -0.1) is 0 Å². The number of para-hydroxylation sites is 1. The molecule has 0 aliphatic heterocycles. The molecule has 0 aromatic heterocycles. The molecule has 0 radical (unpaired) electrons. The zero-order chi connectivity index (χ0) is 16.9. The lowest BCUT2D eigenvalue weighted by molar-refractivity contribution is -0.116. The zero-order valence-electron chi connectivity index (χ0n) is 12.9. The molecule has 23 heavy (non-hydrogen) atoms. The van der Waals surface area contributed by atoms with E-state index in [0.29, 0.717) is 17.2 Å². The van der Waals surface area contributed by atoms with Crippen molar-refractivity contribution in [3.05, 3.63) is 54.6 Å². The maximum absolute atomic E-state index is 11.9. The number of rotatable bonds is 6. The van der Waals surface area contributed by atoms with Crippen molar-refractivity contribution in [3.63, 3.8) is 0 Å². The fourth-order valence-electron chi connectivity index (χ4n) is 1.78. The molecule has 0 unspecified atom stereocenters. The van der Waals surface area contributed by atoms with Gasteiger partial charge in [-0.25, -0.2) is 8.42 Å². The highest BCUT2D eigenvalue weighted by molar-refractivity contribution is 7.88. The molecule has 0 fully saturated rings. The Hall–Kier alpha value is -2.38. The third-order valence-corrected chi connectivity index (χ3v) is 4.29. The number of benzene rings is 2. The number of amides is 1. The Labute approximate surface area is 135 Å². The van der Waals surface area contributed by atoms with E-state index in [0.717, 1.165) is 10.6 Å². The summed E-state index contributed by atoms with van der Waals surface area (Å²) in [4.78, 5) is 11.9. The lowest BCUT2D eigenvalue weighted by Crippen LogP contribution is -2.34. The Morgan fingerprint density at radius 2 is 1.74 bits per heavy atom. The van der Waals surface area contributed by atoms with Crippen LogP contribution >= 0.6 is 0 Å². The van der Waals surface area contributed by atoms with Gasteiger partial charge in [-0.1, -0.05) is 24.3 Å². The van der Waals surface area contributed by atoms with E-state index in [9.17, 15) is 13.2 Å². The Kier molecular flexibility index (Phi) is 5.36. The van der Waals surface area contributed by atoms with E-state index < -0.39 is 15.9 Å². The van der Waals surface area contributed by atoms with E-state index in [4.69, 9.17) is 4.74 Å². The minimum absolute atomic E-state index is 0.247. The largest absolute Gasteiger partial charge is 0.457 e. The number of nitrogens with one attached hydrogen (secondary N) is 1. The Morgan fingerprint density at radius 3 is 2.39 bits per heavy atom. The van der Waals surface area contributed by atoms with Gasteiger partial charge in [0.05, 0.1) is 12.8 Å². The van der Waals surface area contributed by atoms with E-state index in [2.05, 4.69) is 5.32 Å². The molecule has 0 saturated carbocycles. The highest BCUT2D eigenvalue weighted by atomic mass is 32.2. The summed E-state index contributed by atoms with van der Waals surface area (Å²) in [5.41, 5.74) is 0.533. The van der Waals surface area contributed by atoms with Crippen LogP contribution in [0.2, 0.25) is 0 Å². The second-order valence-electron chi connectivity index (χ2n) is 5.01. The lowest BCUT2D eigenvalue weighted by Gasteiger charge is -2.14. The van der Waals surface area contributed by atoms with Gasteiger partial charge in [0.2, 0.25) is 15.9 Å². The van der Waals surface area contributed by atoms with Crippen LogP contribution in [0.15, 0.2) is 54.6 Å². The first kappa shape index (κ1) is 17.0. The van der Waals surface area contributed by atoms with Gasteiger partial charge in [0.1, 0.15) is 11.5 Å². The van der Waals surface area contributed by atoms with Crippen molar-refractivity contribution in [1.82, 2.24) is 4.31 Å². The lowest BCUT2D eigenvalue weighted by atomic mass is 10.3. The minimum Gasteiger partial charge on any atom is -0.457 e. The van der Waals surface area contributed by atoms with Gasteiger partial charge in [-0.05, 0) is 24.3 Å². The van der Waals surface area contributed by atoms with E-state index >= 15 is 0 Å². The van der Waals surface area contributed by atoms with Crippen LogP contribution < -0.4 is 10.1 Å². The summed E-state index contributed by atoms with van der Waals surface area (Å²) in [6, 6.07) is 16.2. The molecule has 122 valence electrons. The minimum atomic E-state index is -3.39. The van der Waals surface area contributed by atoms with E-state index in [1.807, 2.05) is 30.3 Å². The molecule has 0 aliphatic carbocycles. The molecule has 1 amide bonds. The number of carbonyl (C=O) groups is 1. The molecule has 1 N–H and O–H groups in total. The van der Waals surface area contributed by atoms with Gasteiger partial charge in [0.25, 0.3) is 0 Å². The van der Waals surface area contributed by atoms with E-state index in [-0.39, 0.29) is 6.54 Å². The van der Waals surface area contributed by atoms with Crippen molar-refractivity contribution in [3.8, 4) is 11.5 Å². The number of ether oxygens (including phenoxy) is 1. The van der Waals surface area contributed by atoms with Crippen molar-refractivity contribution in [1.29, 1.82) is 0 Å². The predicted octanol–water partition coefficient (Wildman–Crippen LogP) is 2.31. The molecule has 6 nitrogen and oxygen atoms in total. The van der Waals surface area contributed by atoms with Gasteiger partial charge in [0.15, 0.2) is 0 Å². The zero-order valence-corrected chi connectivity index (χ0v) is 13.7. The molecule has 0 heterocycles. The summed E-state index contributed by atoms with van der Waals surface area (Å²) >= 11 is 0. The van der Waals surface area contributed by atoms with Crippen LogP contribution in [0.5, 0.6) is 11.5 Å². The molecule has 0 spiro atoms. The molecule has 2 aromatic rings. The highest BCUT2D eigenvalue weighted by Gasteiger charge is 2.15. The van der Waals surface area contributed by atoms with Crippen molar-refractivity contribution in [2.45, 2.75) is 0 Å².